The monoisotopic (exact) mass is 400 g/mol. The maximum Gasteiger partial charge on any atom is 0.345 e. The van der Waals surface area contributed by atoms with Crippen LogP contribution in [0.3, 0.4) is 0 Å². The van der Waals surface area contributed by atoms with E-state index in [1.807, 2.05) is 40.7 Å². The molecule has 8 heteroatoms. The zero-order chi connectivity index (χ0) is 20.4. The van der Waals surface area contributed by atoms with Gasteiger partial charge in [-0.05, 0) is 56.9 Å². The van der Waals surface area contributed by atoms with Crippen molar-refractivity contribution in [2.24, 2.45) is 7.05 Å². The van der Waals surface area contributed by atoms with Crippen LogP contribution in [0.4, 0.5) is 0 Å². The van der Waals surface area contributed by atoms with Crippen LogP contribution in [0.5, 0.6) is 11.5 Å². The largest absolute Gasteiger partial charge is 0.494 e. The van der Waals surface area contributed by atoms with E-state index in [4.69, 9.17) is 9.47 Å². The third-order valence-corrected chi connectivity index (χ3v) is 5.60. The van der Waals surface area contributed by atoms with Crippen LogP contribution in [-0.4, -0.2) is 51.5 Å². The average Bonchev–Trinajstić information content (AvgIpc) is 3.53. The lowest BCUT2D eigenvalue weighted by molar-refractivity contribution is -0.134. The highest BCUT2D eigenvalue weighted by Crippen LogP contribution is 2.37. The Bertz CT molecular complexity index is 906. The minimum atomic E-state index is -0.0234. The first-order valence-electron chi connectivity index (χ1n) is 10.4. The molecule has 0 bridgehead atoms. The molecule has 2 aromatic rings. The van der Waals surface area contributed by atoms with Gasteiger partial charge < -0.3 is 14.4 Å². The second kappa shape index (κ2) is 8.31. The van der Waals surface area contributed by atoms with Gasteiger partial charge in [-0.1, -0.05) is 0 Å². The van der Waals surface area contributed by atoms with E-state index < -0.39 is 0 Å². The fourth-order valence-corrected chi connectivity index (χ4v) is 3.88. The molecule has 1 aromatic heterocycles. The fourth-order valence-electron chi connectivity index (χ4n) is 3.88. The van der Waals surface area contributed by atoms with Gasteiger partial charge in [0.1, 0.15) is 17.3 Å². The third kappa shape index (κ3) is 4.31. The number of carbonyl (C=O) groups is 1. The molecule has 1 saturated carbocycles. The number of piperidine rings is 1. The Hall–Kier alpha value is -2.77. The van der Waals surface area contributed by atoms with Gasteiger partial charge in [0.05, 0.1) is 6.61 Å². The SMILES string of the molecule is CCOc1ccc(OCC(=O)N2CCC(c3nn(C)c(=O)n3C3CC3)CC2)cc1. The van der Waals surface area contributed by atoms with Crippen LogP contribution in [0, 0.1) is 0 Å². The summed E-state index contributed by atoms with van der Waals surface area (Å²) >= 11 is 0. The molecule has 29 heavy (non-hydrogen) atoms. The molecule has 0 unspecified atom stereocenters. The van der Waals surface area contributed by atoms with Gasteiger partial charge in [0.15, 0.2) is 6.61 Å². The Kier molecular flexibility index (Phi) is 5.60. The summed E-state index contributed by atoms with van der Waals surface area (Å²) in [4.78, 5) is 26.7. The van der Waals surface area contributed by atoms with Crippen molar-refractivity contribution in [3.05, 3.63) is 40.6 Å². The average molecular weight is 400 g/mol. The molecular weight excluding hydrogens is 372 g/mol. The van der Waals surface area contributed by atoms with Crippen molar-refractivity contribution in [2.75, 3.05) is 26.3 Å². The van der Waals surface area contributed by atoms with Gasteiger partial charge in [-0.15, -0.1) is 0 Å². The summed E-state index contributed by atoms with van der Waals surface area (Å²) in [5.41, 5.74) is -0.0234. The molecule has 0 N–H and O–H groups in total. The molecule has 1 aromatic carbocycles. The number of aromatic nitrogens is 3. The molecule has 2 aliphatic rings. The molecule has 1 amide bonds. The van der Waals surface area contributed by atoms with Crippen LogP contribution in [0.2, 0.25) is 0 Å². The zero-order valence-electron chi connectivity index (χ0n) is 17.0. The van der Waals surface area contributed by atoms with Crippen molar-refractivity contribution in [3.8, 4) is 11.5 Å². The van der Waals surface area contributed by atoms with Crippen LogP contribution in [0.15, 0.2) is 29.1 Å². The number of ether oxygens (including phenoxy) is 2. The summed E-state index contributed by atoms with van der Waals surface area (Å²) < 4.78 is 14.4. The smallest absolute Gasteiger partial charge is 0.345 e. The van der Waals surface area contributed by atoms with E-state index in [0.717, 1.165) is 37.3 Å². The second-order valence-corrected chi connectivity index (χ2v) is 7.71. The van der Waals surface area contributed by atoms with E-state index >= 15 is 0 Å². The van der Waals surface area contributed by atoms with Crippen LogP contribution >= 0.6 is 0 Å². The van der Waals surface area contributed by atoms with E-state index in [1.165, 1.54) is 4.68 Å². The normalized spacial score (nSPS) is 17.4. The number of amides is 1. The van der Waals surface area contributed by atoms with Crippen molar-refractivity contribution < 1.29 is 14.3 Å². The predicted molar refractivity (Wildman–Crippen MR) is 107 cm³/mol. The Morgan fingerprint density at radius 3 is 2.28 bits per heavy atom. The molecule has 2 heterocycles. The van der Waals surface area contributed by atoms with Gasteiger partial charge in [0, 0.05) is 32.1 Å². The molecule has 156 valence electrons. The van der Waals surface area contributed by atoms with Crippen LogP contribution < -0.4 is 15.2 Å². The first-order chi connectivity index (χ1) is 14.1. The van der Waals surface area contributed by atoms with Crippen molar-refractivity contribution >= 4 is 5.91 Å². The van der Waals surface area contributed by atoms with Gasteiger partial charge in [-0.2, -0.15) is 5.10 Å². The highest BCUT2D eigenvalue weighted by molar-refractivity contribution is 5.77. The lowest BCUT2D eigenvalue weighted by Crippen LogP contribution is -2.41. The highest BCUT2D eigenvalue weighted by Gasteiger charge is 2.34. The molecule has 1 saturated heterocycles. The third-order valence-electron chi connectivity index (χ3n) is 5.60. The van der Waals surface area contributed by atoms with Crippen LogP contribution in [0.1, 0.15) is 50.4 Å². The number of hydrogen-bond donors (Lipinski definition) is 0. The molecule has 4 rings (SSSR count). The maximum absolute atomic E-state index is 12.5. The second-order valence-electron chi connectivity index (χ2n) is 7.71. The summed E-state index contributed by atoms with van der Waals surface area (Å²) in [6.07, 6.45) is 3.74. The number of carbonyl (C=O) groups excluding carboxylic acids is 1. The molecule has 0 radical (unpaired) electrons. The molecular formula is C21H28N4O4. The number of likely N-dealkylation sites (tertiary alicyclic amines) is 1. The number of aryl methyl sites for hydroxylation is 1. The number of nitrogens with zero attached hydrogens (tertiary/aromatic N) is 4. The topological polar surface area (TPSA) is 78.6 Å². The Balaban J connectivity index is 1.30. The van der Waals surface area contributed by atoms with E-state index in [2.05, 4.69) is 5.10 Å². The first kappa shape index (κ1) is 19.5. The van der Waals surface area contributed by atoms with Gasteiger partial charge in [0.25, 0.3) is 5.91 Å². The minimum Gasteiger partial charge on any atom is -0.494 e. The van der Waals surface area contributed by atoms with E-state index in [0.29, 0.717) is 31.5 Å². The van der Waals surface area contributed by atoms with Crippen molar-refractivity contribution in [1.29, 1.82) is 0 Å². The van der Waals surface area contributed by atoms with Crippen LogP contribution in [-0.2, 0) is 11.8 Å². The number of benzene rings is 1. The van der Waals surface area contributed by atoms with Gasteiger partial charge in [-0.25, -0.2) is 9.48 Å². The summed E-state index contributed by atoms with van der Waals surface area (Å²) in [5.74, 6) is 2.53. The summed E-state index contributed by atoms with van der Waals surface area (Å²) in [7, 11) is 1.71. The van der Waals surface area contributed by atoms with E-state index in [9.17, 15) is 9.59 Å². The Labute approximate surface area is 170 Å². The molecule has 1 aliphatic heterocycles. The summed E-state index contributed by atoms with van der Waals surface area (Å²) in [6, 6.07) is 7.60. The Morgan fingerprint density at radius 1 is 1.07 bits per heavy atom. The zero-order valence-corrected chi connectivity index (χ0v) is 17.0. The first-order valence-corrected chi connectivity index (χ1v) is 10.4. The van der Waals surface area contributed by atoms with Crippen molar-refractivity contribution in [1.82, 2.24) is 19.2 Å². The van der Waals surface area contributed by atoms with Crippen molar-refractivity contribution in [2.45, 2.75) is 44.6 Å². The predicted octanol–water partition coefficient (Wildman–Crippen LogP) is 2.10. The van der Waals surface area contributed by atoms with Crippen LogP contribution in [0.25, 0.3) is 0 Å². The molecule has 1 aliphatic carbocycles. The summed E-state index contributed by atoms with van der Waals surface area (Å²) in [6.45, 7) is 3.89. The standard InChI is InChI=1S/C21H28N4O4/c1-3-28-17-6-8-18(9-7-17)29-14-19(26)24-12-10-15(11-13-24)20-22-23(2)21(27)25(20)16-4-5-16/h6-9,15-16H,3-5,10-14H2,1-2H3. The molecule has 8 nitrogen and oxygen atoms in total. The minimum absolute atomic E-state index is 0.0158. The molecule has 0 spiro atoms. The fraction of sp³-hybridized carbons (Fsp3) is 0.571. The quantitative estimate of drug-likeness (QED) is 0.711. The van der Waals surface area contributed by atoms with E-state index in [-0.39, 0.29) is 24.1 Å². The van der Waals surface area contributed by atoms with Gasteiger partial charge >= 0.3 is 5.69 Å². The van der Waals surface area contributed by atoms with Gasteiger partial charge in [-0.3, -0.25) is 9.36 Å². The maximum atomic E-state index is 12.5. The lowest BCUT2D eigenvalue weighted by Gasteiger charge is -2.31. The van der Waals surface area contributed by atoms with Crippen molar-refractivity contribution in [3.63, 3.8) is 0 Å². The highest BCUT2D eigenvalue weighted by atomic mass is 16.5. The Morgan fingerprint density at radius 2 is 1.69 bits per heavy atom. The molecule has 2 fully saturated rings. The van der Waals surface area contributed by atoms with Gasteiger partial charge in [0.2, 0.25) is 0 Å². The molecule has 0 atom stereocenters. The van der Waals surface area contributed by atoms with E-state index in [1.54, 1.807) is 7.05 Å². The summed E-state index contributed by atoms with van der Waals surface area (Å²) in [5, 5.41) is 4.49. The number of hydrogen-bond acceptors (Lipinski definition) is 5. The lowest BCUT2D eigenvalue weighted by atomic mass is 9.96. The number of rotatable bonds is 7.